The van der Waals surface area contributed by atoms with Crippen molar-refractivity contribution in [3.8, 4) is 0 Å². The van der Waals surface area contributed by atoms with Crippen LogP contribution in [-0.4, -0.2) is 20.6 Å². The number of aliphatic carboxylic acids is 1. The van der Waals surface area contributed by atoms with E-state index in [1.807, 2.05) is 30.7 Å². The second-order valence-corrected chi connectivity index (χ2v) is 4.23. The summed E-state index contributed by atoms with van der Waals surface area (Å²) in [7, 11) is 1.83. The molecule has 88 valence electrons. The molecule has 17 heavy (non-hydrogen) atoms. The van der Waals surface area contributed by atoms with E-state index in [4.69, 9.17) is 16.7 Å². The Hall–Kier alpha value is -1.81. The summed E-state index contributed by atoms with van der Waals surface area (Å²) in [5, 5.41) is 9.24. The van der Waals surface area contributed by atoms with E-state index in [2.05, 4.69) is 4.98 Å². The summed E-state index contributed by atoms with van der Waals surface area (Å²) in [6, 6.07) is 3.65. The minimum absolute atomic E-state index is 0.591. The molecule has 0 atom stereocenters. The summed E-state index contributed by atoms with van der Waals surface area (Å²) in [4.78, 5) is 14.9. The summed E-state index contributed by atoms with van der Waals surface area (Å²) in [5.41, 5.74) is 2.69. The Morgan fingerprint density at radius 1 is 1.53 bits per heavy atom. The number of hydrogen-bond donors (Lipinski definition) is 1. The SMILES string of the molecule is Cc1cc(Cl)cc2c1nc(/C=C/C(=O)O)n2C. The largest absolute Gasteiger partial charge is 0.478 e. The number of carboxylic acids is 1. The Bertz CT molecular complexity index is 629. The van der Waals surface area contributed by atoms with Crippen molar-refractivity contribution in [1.29, 1.82) is 0 Å². The van der Waals surface area contributed by atoms with Gasteiger partial charge in [-0.05, 0) is 30.7 Å². The van der Waals surface area contributed by atoms with Crippen molar-refractivity contribution < 1.29 is 9.90 Å². The number of hydrogen-bond acceptors (Lipinski definition) is 2. The first-order valence-electron chi connectivity index (χ1n) is 5.02. The molecule has 0 bridgehead atoms. The van der Waals surface area contributed by atoms with Crippen LogP contribution in [0.15, 0.2) is 18.2 Å². The molecule has 1 N–H and O–H groups in total. The molecule has 0 unspecified atom stereocenters. The number of carboxylic acid groups (broad SMARTS) is 1. The maximum absolute atomic E-state index is 10.5. The Morgan fingerprint density at radius 2 is 2.24 bits per heavy atom. The van der Waals surface area contributed by atoms with Gasteiger partial charge in [-0.25, -0.2) is 9.78 Å². The van der Waals surface area contributed by atoms with Gasteiger partial charge in [0.1, 0.15) is 5.82 Å². The van der Waals surface area contributed by atoms with Gasteiger partial charge in [-0.3, -0.25) is 0 Å². The highest BCUT2D eigenvalue weighted by atomic mass is 35.5. The summed E-state index contributed by atoms with van der Waals surface area (Å²) < 4.78 is 1.81. The highest BCUT2D eigenvalue weighted by molar-refractivity contribution is 6.31. The minimum Gasteiger partial charge on any atom is -0.478 e. The molecule has 0 radical (unpaired) electrons. The monoisotopic (exact) mass is 250 g/mol. The molecule has 1 aromatic carbocycles. The number of carbonyl (C=O) groups is 1. The third-order valence-corrected chi connectivity index (χ3v) is 2.77. The van der Waals surface area contributed by atoms with Gasteiger partial charge in [0, 0.05) is 18.1 Å². The van der Waals surface area contributed by atoms with E-state index in [0.29, 0.717) is 10.8 Å². The van der Waals surface area contributed by atoms with Gasteiger partial charge in [-0.15, -0.1) is 0 Å². The van der Waals surface area contributed by atoms with Crippen molar-refractivity contribution in [2.24, 2.45) is 7.05 Å². The highest BCUT2D eigenvalue weighted by Crippen LogP contribution is 2.24. The van der Waals surface area contributed by atoms with E-state index >= 15 is 0 Å². The van der Waals surface area contributed by atoms with E-state index in [-0.39, 0.29) is 0 Å². The Kier molecular flexibility index (Phi) is 2.90. The van der Waals surface area contributed by atoms with E-state index < -0.39 is 5.97 Å². The molecule has 1 heterocycles. The smallest absolute Gasteiger partial charge is 0.328 e. The van der Waals surface area contributed by atoms with Crippen molar-refractivity contribution in [1.82, 2.24) is 9.55 Å². The summed E-state index contributed by atoms with van der Waals surface area (Å²) in [5.74, 6) is -0.403. The topological polar surface area (TPSA) is 55.1 Å². The third-order valence-electron chi connectivity index (χ3n) is 2.55. The zero-order chi connectivity index (χ0) is 12.6. The van der Waals surface area contributed by atoms with Gasteiger partial charge < -0.3 is 9.67 Å². The Labute approximate surface area is 103 Å². The normalized spacial score (nSPS) is 11.5. The van der Waals surface area contributed by atoms with Crippen LogP contribution in [0.5, 0.6) is 0 Å². The fourth-order valence-electron chi connectivity index (χ4n) is 1.73. The maximum atomic E-state index is 10.5. The lowest BCUT2D eigenvalue weighted by Gasteiger charge is -1.99. The summed E-state index contributed by atoms with van der Waals surface area (Å²) in [6.07, 6.45) is 2.54. The first kappa shape index (κ1) is 11.7. The number of rotatable bonds is 2. The lowest BCUT2D eigenvalue weighted by atomic mass is 10.2. The van der Waals surface area contributed by atoms with E-state index in [0.717, 1.165) is 22.7 Å². The lowest BCUT2D eigenvalue weighted by Crippen LogP contribution is -1.93. The first-order chi connectivity index (χ1) is 7.99. The number of fused-ring (bicyclic) bond motifs is 1. The van der Waals surface area contributed by atoms with Crippen molar-refractivity contribution in [3.05, 3.63) is 34.6 Å². The molecule has 4 nitrogen and oxygen atoms in total. The van der Waals surface area contributed by atoms with Crippen LogP contribution in [0, 0.1) is 6.92 Å². The van der Waals surface area contributed by atoms with Crippen LogP contribution in [0.3, 0.4) is 0 Å². The second-order valence-electron chi connectivity index (χ2n) is 3.79. The Morgan fingerprint density at radius 3 is 2.88 bits per heavy atom. The molecule has 0 saturated heterocycles. The highest BCUT2D eigenvalue weighted by Gasteiger charge is 2.08. The Balaban J connectivity index is 2.64. The predicted octanol–water partition coefficient (Wildman–Crippen LogP) is 2.63. The number of aromatic nitrogens is 2. The summed E-state index contributed by atoms with van der Waals surface area (Å²) >= 11 is 5.98. The van der Waals surface area contributed by atoms with Crippen LogP contribution in [-0.2, 0) is 11.8 Å². The van der Waals surface area contributed by atoms with Crippen molar-refractivity contribution >= 4 is 34.7 Å². The van der Waals surface area contributed by atoms with Crippen LogP contribution in [0.4, 0.5) is 0 Å². The fraction of sp³-hybridized carbons (Fsp3) is 0.167. The molecule has 0 spiro atoms. The maximum Gasteiger partial charge on any atom is 0.328 e. The van der Waals surface area contributed by atoms with Crippen molar-refractivity contribution in [3.63, 3.8) is 0 Å². The van der Waals surface area contributed by atoms with Gasteiger partial charge in [-0.1, -0.05) is 11.6 Å². The van der Waals surface area contributed by atoms with Gasteiger partial charge in [-0.2, -0.15) is 0 Å². The zero-order valence-electron chi connectivity index (χ0n) is 9.44. The number of nitrogens with zero attached hydrogens (tertiary/aromatic N) is 2. The fourth-order valence-corrected chi connectivity index (χ4v) is 1.99. The number of benzene rings is 1. The van der Waals surface area contributed by atoms with Crippen LogP contribution in [0.25, 0.3) is 17.1 Å². The zero-order valence-corrected chi connectivity index (χ0v) is 10.2. The van der Waals surface area contributed by atoms with E-state index in [9.17, 15) is 4.79 Å². The molecule has 0 aliphatic heterocycles. The predicted molar refractivity (Wildman–Crippen MR) is 67.1 cm³/mol. The molecule has 0 aliphatic rings. The molecule has 2 rings (SSSR count). The molecule has 2 aromatic rings. The van der Waals surface area contributed by atoms with Crippen LogP contribution < -0.4 is 0 Å². The average molecular weight is 251 g/mol. The van der Waals surface area contributed by atoms with Gasteiger partial charge >= 0.3 is 5.97 Å². The van der Waals surface area contributed by atoms with Crippen LogP contribution in [0.1, 0.15) is 11.4 Å². The molecule has 0 saturated carbocycles. The lowest BCUT2D eigenvalue weighted by molar-refractivity contribution is -0.131. The average Bonchev–Trinajstić information content (AvgIpc) is 2.54. The van der Waals surface area contributed by atoms with E-state index in [1.165, 1.54) is 6.08 Å². The molecule has 0 aliphatic carbocycles. The number of halogens is 1. The van der Waals surface area contributed by atoms with Crippen LogP contribution in [0.2, 0.25) is 5.02 Å². The number of imidazole rings is 1. The second kappa shape index (κ2) is 4.22. The van der Waals surface area contributed by atoms with Gasteiger partial charge in [0.05, 0.1) is 11.0 Å². The van der Waals surface area contributed by atoms with Gasteiger partial charge in [0.2, 0.25) is 0 Å². The first-order valence-corrected chi connectivity index (χ1v) is 5.40. The minimum atomic E-state index is -0.994. The molecule has 0 fully saturated rings. The van der Waals surface area contributed by atoms with E-state index in [1.54, 1.807) is 0 Å². The molecular formula is C12H11ClN2O2. The number of aryl methyl sites for hydroxylation is 2. The standard InChI is InChI=1S/C12H11ClN2O2/c1-7-5-8(13)6-9-12(7)14-10(15(9)2)3-4-11(16)17/h3-6H,1-2H3,(H,16,17)/b4-3+. The molecule has 5 heteroatoms. The van der Waals surface area contributed by atoms with Crippen molar-refractivity contribution in [2.75, 3.05) is 0 Å². The quantitative estimate of drug-likeness (QED) is 0.834. The van der Waals surface area contributed by atoms with Crippen molar-refractivity contribution in [2.45, 2.75) is 6.92 Å². The third kappa shape index (κ3) is 2.17. The van der Waals surface area contributed by atoms with Gasteiger partial charge in [0.25, 0.3) is 0 Å². The molecule has 1 aromatic heterocycles. The summed E-state index contributed by atoms with van der Waals surface area (Å²) in [6.45, 7) is 1.92. The molecular weight excluding hydrogens is 240 g/mol. The van der Waals surface area contributed by atoms with Gasteiger partial charge in [0.15, 0.2) is 0 Å². The van der Waals surface area contributed by atoms with Crippen LogP contribution >= 0.6 is 11.6 Å². The molecule has 0 amide bonds.